The monoisotopic (exact) mass is 365 g/mol. The van der Waals surface area contributed by atoms with Gasteiger partial charge in [-0.3, -0.25) is 4.57 Å². The Labute approximate surface area is 134 Å². The average Bonchev–Trinajstić information content (AvgIpc) is 3.01. The predicted molar refractivity (Wildman–Crippen MR) is 79.2 cm³/mol. The zero-order valence-corrected chi connectivity index (χ0v) is 13.1. The first kappa shape index (κ1) is 16.6. The third kappa shape index (κ3) is 3.19. The fourth-order valence-electron chi connectivity index (χ4n) is 2.29. The van der Waals surface area contributed by atoms with Crippen molar-refractivity contribution in [3.63, 3.8) is 0 Å². The lowest BCUT2D eigenvalue weighted by Gasteiger charge is -2.16. The number of nitrogens with zero attached hydrogens (tertiary/aromatic N) is 4. The van der Waals surface area contributed by atoms with E-state index in [-0.39, 0.29) is 17.0 Å². The maximum absolute atomic E-state index is 14.3. The fraction of sp³-hybridized carbons (Fsp3) is 0.500. The van der Waals surface area contributed by atoms with Gasteiger partial charge < -0.3 is 29.9 Å². The molecule has 2 aromatic heterocycles. The van der Waals surface area contributed by atoms with Gasteiger partial charge in [0, 0.05) is 0 Å². The van der Waals surface area contributed by atoms with Crippen LogP contribution in [0.25, 0.3) is 11.2 Å². The van der Waals surface area contributed by atoms with Crippen LogP contribution >= 0.6 is 6.72 Å². The van der Waals surface area contributed by atoms with Crippen molar-refractivity contribution in [2.24, 2.45) is 0 Å². The summed E-state index contributed by atoms with van der Waals surface area (Å²) in [4.78, 5) is 29.8. The van der Waals surface area contributed by atoms with Crippen molar-refractivity contribution < 1.29 is 28.5 Å². The van der Waals surface area contributed by atoms with Crippen molar-refractivity contribution in [1.82, 2.24) is 19.5 Å². The Bertz CT molecular complexity index is 771. The third-order valence-corrected chi connectivity index (χ3v) is 4.16. The van der Waals surface area contributed by atoms with E-state index in [4.69, 9.17) is 20.3 Å². The van der Waals surface area contributed by atoms with E-state index in [2.05, 4.69) is 31.3 Å². The molecule has 0 radical (unpaired) electrons. The van der Waals surface area contributed by atoms with Gasteiger partial charge in [0.2, 0.25) is 0 Å². The zero-order valence-electron chi connectivity index (χ0n) is 11.4. The summed E-state index contributed by atoms with van der Waals surface area (Å²) in [6.07, 6.45) is -3.25. The van der Waals surface area contributed by atoms with E-state index in [0.717, 1.165) is 0 Å². The molecule has 0 bridgehead atoms. The van der Waals surface area contributed by atoms with E-state index in [1.165, 1.54) is 17.2 Å². The minimum absolute atomic E-state index is 0.129. The first-order valence-corrected chi connectivity index (χ1v) is 9.01. The van der Waals surface area contributed by atoms with Gasteiger partial charge >= 0.3 is 6.72 Å². The Hall–Kier alpha value is -1.27. The second kappa shape index (κ2) is 5.98. The first-order valence-electron chi connectivity index (χ1n) is 6.38. The van der Waals surface area contributed by atoms with Crippen molar-refractivity contribution >= 4 is 35.5 Å². The largest absolute Gasteiger partial charge is 0.387 e. The highest BCUT2D eigenvalue weighted by molar-refractivity contribution is 8.06. The van der Waals surface area contributed by atoms with Gasteiger partial charge in [-0.25, -0.2) is 19.3 Å². The number of fused-ring (bicyclic) bond motifs is 1. The van der Waals surface area contributed by atoms with Crippen LogP contribution in [0.1, 0.15) is 6.23 Å². The lowest BCUT2D eigenvalue weighted by atomic mass is 10.1. The number of ether oxygens (including phenoxy) is 1. The summed E-state index contributed by atoms with van der Waals surface area (Å²) in [6, 6.07) is 0. The minimum Gasteiger partial charge on any atom is -0.387 e. The summed E-state index contributed by atoms with van der Waals surface area (Å²) in [7, 11) is 0. The Morgan fingerprint density at radius 2 is 2.17 bits per heavy atom. The van der Waals surface area contributed by atoms with Crippen molar-refractivity contribution in [2.75, 3.05) is 12.3 Å². The Morgan fingerprint density at radius 1 is 1.43 bits per heavy atom. The summed E-state index contributed by atoms with van der Waals surface area (Å²) >= 11 is 4.30. The van der Waals surface area contributed by atoms with E-state index in [1.54, 1.807) is 0 Å². The van der Waals surface area contributed by atoms with Crippen LogP contribution in [-0.4, -0.2) is 59.4 Å². The number of rotatable bonds is 4. The van der Waals surface area contributed by atoms with Crippen LogP contribution in [0.15, 0.2) is 12.7 Å². The molecule has 2 aromatic rings. The highest BCUT2D eigenvalue weighted by Gasteiger charge is 2.46. The molecule has 23 heavy (non-hydrogen) atoms. The number of aromatic nitrogens is 4. The van der Waals surface area contributed by atoms with Crippen LogP contribution in [0.4, 0.5) is 10.2 Å². The number of alkyl halides is 1. The summed E-state index contributed by atoms with van der Waals surface area (Å²) in [5.41, 5.74) is 6.18. The predicted octanol–water partition coefficient (Wildman–Crippen LogP) is -0.769. The number of hydrogen-bond donors (Lipinski definition) is 4. The number of nitrogen functional groups attached to an aromatic ring is 1. The van der Waals surface area contributed by atoms with Crippen LogP contribution in [0.3, 0.4) is 0 Å². The first-order chi connectivity index (χ1) is 10.8. The standard InChI is InChI=1S/C10H13FN5O5PS/c11-5-7(17)4(1-20-22(18,19)23)21-10(5)16-3-15-6-8(12)13-2-14-9(6)16/h2-5,7,10,17H,1H2,(H2,12,13,14)(H2,18,19,23)/t4-,5?,7+,10-/m1/s1. The second-order valence-corrected chi connectivity index (χ2v) is 7.54. The van der Waals surface area contributed by atoms with Gasteiger partial charge in [0.05, 0.1) is 12.9 Å². The van der Waals surface area contributed by atoms with E-state index < -0.39 is 37.9 Å². The van der Waals surface area contributed by atoms with Gasteiger partial charge in [-0.15, -0.1) is 0 Å². The number of halogens is 1. The SMILES string of the molecule is Nc1ncnc2c1ncn2[C@@H]1O[C@H](COP(O)(O)=S)[C@H](O)C1F. The molecule has 4 atom stereocenters. The summed E-state index contributed by atoms with van der Waals surface area (Å²) in [5.74, 6) is 0.129. The molecule has 5 N–H and O–H groups in total. The molecule has 0 aliphatic carbocycles. The maximum atomic E-state index is 14.3. The van der Waals surface area contributed by atoms with Crippen LogP contribution in [0.5, 0.6) is 0 Å². The zero-order chi connectivity index (χ0) is 16.8. The molecule has 1 saturated heterocycles. The van der Waals surface area contributed by atoms with Crippen molar-refractivity contribution in [1.29, 1.82) is 0 Å². The normalized spacial score (nSPS) is 28.5. The fourth-order valence-corrected chi connectivity index (χ4v) is 2.82. The molecule has 3 rings (SSSR count). The highest BCUT2D eigenvalue weighted by Crippen LogP contribution is 2.39. The number of aliphatic hydroxyl groups is 1. The van der Waals surface area contributed by atoms with Crippen molar-refractivity contribution in [2.45, 2.75) is 24.6 Å². The number of hydrogen-bond acceptors (Lipinski definition) is 8. The topological polar surface area (TPSA) is 149 Å². The lowest BCUT2D eigenvalue weighted by Crippen LogP contribution is -2.31. The van der Waals surface area contributed by atoms with Crippen molar-refractivity contribution in [3.8, 4) is 0 Å². The molecule has 0 aromatic carbocycles. The van der Waals surface area contributed by atoms with E-state index in [1.807, 2.05) is 0 Å². The van der Waals surface area contributed by atoms with E-state index >= 15 is 0 Å². The lowest BCUT2D eigenvalue weighted by molar-refractivity contribution is -0.0429. The quantitative estimate of drug-likeness (QED) is 0.509. The summed E-state index contributed by atoms with van der Waals surface area (Å²) in [5, 5.41) is 9.89. The summed E-state index contributed by atoms with van der Waals surface area (Å²) < 4.78 is 25.6. The van der Waals surface area contributed by atoms with Gasteiger partial charge in [0.15, 0.2) is 23.9 Å². The molecule has 13 heteroatoms. The number of imidazole rings is 1. The molecule has 1 unspecified atom stereocenters. The number of aliphatic hydroxyl groups excluding tert-OH is 1. The van der Waals surface area contributed by atoms with E-state index in [9.17, 15) is 9.50 Å². The Kier molecular flexibility index (Phi) is 4.31. The van der Waals surface area contributed by atoms with Gasteiger partial charge in [-0.1, -0.05) is 0 Å². The number of nitrogens with two attached hydrogens (primary N) is 1. The molecule has 0 spiro atoms. The summed E-state index contributed by atoms with van der Waals surface area (Å²) in [6.45, 7) is -4.39. The maximum Gasteiger partial charge on any atom is 0.321 e. The third-order valence-electron chi connectivity index (χ3n) is 3.36. The minimum atomic E-state index is -3.93. The molecule has 0 saturated carbocycles. The smallest absolute Gasteiger partial charge is 0.321 e. The Balaban J connectivity index is 1.85. The van der Waals surface area contributed by atoms with Crippen LogP contribution in [-0.2, 0) is 21.1 Å². The van der Waals surface area contributed by atoms with Gasteiger partial charge in [0.25, 0.3) is 0 Å². The van der Waals surface area contributed by atoms with E-state index in [0.29, 0.717) is 0 Å². The second-order valence-electron chi connectivity index (χ2n) is 4.87. The van der Waals surface area contributed by atoms with Gasteiger partial charge in [0.1, 0.15) is 24.1 Å². The van der Waals surface area contributed by atoms with Crippen LogP contribution < -0.4 is 5.73 Å². The average molecular weight is 365 g/mol. The molecular weight excluding hydrogens is 352 g/mol. The molecule has 1 aliphatic rings. The molecule has 10 nitrogen and oxygen atoms in total. The van der Waals surface area contributed by atoms with Crippen LogP contribution in [0, 0.1) is 0 Å². The van der Waals surface area contributed by atoms with Gasteiger partial charge in [-0.05, 0) is 11.8 Å². The molecular formula is C10H13FN5O5PS. The Morgan fingerprint density at radius 3 is 2.87 bits per heavy atom. The molecule has 3 heterocycles. The molecule has 1 fully saturated rings. The van der Waals surface area contributed by atoms with Crippen LogP contribution in [0.2, 0.25) is 0 Å². The number of anilines is 1. The van der Waals surface area contributed by atoms with Crippen molar-refractivity contribution in [3.05, 3.63) is 12.7 Å². The molecule has 0 amide bonds. The molecule has 126 valence electrons. The molecule has 1 aliphatic heterocycles. The van der Waals surface area contributed by atoms with Gasteiger partial charge in [-0.2, -0.15) is 0 Å². The highest BCUT2D eigenvalue weighted by atomic mass is 32.5.